The number of rotatable bonds is 5. The van der Waals surface area contributed by atoms with Crippen molar-refractivity contribution in [2.45, 2.75) is 13.0 Å². The van der Waals surface area contributed by atoms with Crippen LogP contribution >= 0.6 is 0 Å². The Morgan fingerprint density at radius 1 is 1.24 bits per heavy atom. The highest BCUT2D eigenvalue weighted by molar-refractivity contribution is 5.96. The Bertz CT molecular complexity index is 882. The molecule has 0 bridgehead atoms. The van der Waals surface area contributed by atoms with Crippen molar-refractivity contribution in [2.24, 2.45) is 7.05 Å². The van der Waals surface area contributed by atoms with Crippen LogP contribution in [-0.2, 0) is 7.05 Å². The van der Waals surface area contributed by atoms with Gasteiger partial charge in [-0.2, -0.15) is 0 Å². The summed E-state index contributed by atoms with van der Waals surface area (Å²) in [5.74, 6) is -0.140. The summed E-state index contributed by atoms with van der Waals surface area (Å²) in [5, 5.41) is 3.01. The Morgan fingerprint density at radius 2 is 1.96 bits per heavy atom. The maximum Gasteiger partial charge on any atom is 0.252 e. The van der Waals surface area contributed by atoms with Gasteiger partial charge in [-0.25, -0.2) is 9.97 Å². The number of likely N-dealkylation sites (N-methyl/N-ethyl adjacent to an activating group) is 1. The molecule has 0 aliphatic rings. The number of imidazole rings is 1. The van der Waals surface area contributed by atoms with Crippen LogP contribution in [0.25, 0.3) is 11.2 Å². The molecule has 6 nitrogen and oxygen atoms in total. The van der Waals surface area contributed by atoms with E-state index >= 15 is 0 Å². The van der Waals surface area contributed by atoms with Gasteiger partial charge in [-0.3, -0.25) is 4.79 Å². The van der Waals surface area contributed by atoms with Crippen LogP contribution in [0.1, 0.15) is 27.5 Å². The molecule has 0 radical (unpaired) electrons. The van der Waals surface area contributed by atoms with Gasteiger partial charge in [0.2, 0.25) is 0 Å². The second kappa shape index (κ2) is 7.03. The summed E-state index contributed by atoms with van der Waals surface area (Å²) in [6, 6.07) is 10.3. The fourth-order valence-electron chi connectivity index (χ4n) is 2.82. The highest BCUT2D eigenvalue weighted by atomic mass is 16.1. The van der Waals surface area contributed by atoms with E-state index in [2.05, 4.69) is 51.4 Å². The molecule has 3 aromatic rings. The first-order valence-corrected chi connectivity index (χ1v) is 8.24. The molecule has 0 spiro atoms. The minimum absolute atomic E-state index is 0.107. The Kier molecular flexibility index (Phi) is 4.81. The van der Waals surface area contributed by atoms with E-state index in [4.69, 9.17) is 0 Å². The molecule has 0 saturated heterocycles. The molecule has 2 heterocycles. The molecule has 1 N–H and O–H groups in total. The number of nitrogens with zero attached hydrogens (tertiary/aromatic N) is 4. The summed E-state index contributed by atoms with van der Waals surface area (Å²) in [4.78, 5) is 23.2. The van der Waals surface area contributed by atoms with Gasteiger partial charge in [0.25, 0.3) is 5.91 Å². The third kappa shape index (κ3) is 3.69. The predicted molar refractivity (Wildman–Crippen MR) is 98.4 cm³/mol. The van der Waals surface area contributed by atoms with Crippen LogP contribution in [0.3, 0.4) is 0 Å². The van der Waals surface area contributed by atoms with Crippen LogP contribution in [0.4, 0.5) is 0 Å². The zero-order valence-corrected chi connectivity index (χ0v) is 15.0. The lowest BCUT2D eigenvalue weighted by Crippen LogP contribution is -2.34. The Hall–Kier alpha value is -2.73. The monoisotopic (exact) mass is 337 g/mol. The third-order valence-corrected chi connectivity index (χ3v) is 4.35. The Labute approximate surface area is 147 Å². The normalized spacial score (nSPS) is 12.5. The van der Waals surface area contributed by atoms with E-state index in [0.717, 1.165) is 11.2 Å². The molecule has 0 saturated carbocycles. The van der Waals surface area contributed by atoms with Crippen molar-refractivity contribution in [3.63, 3.8) is 0 Å². The van der Waals surface area contributed by atoms with Gasteiger partial charge < -0.3 is 14.8 Å². The van der Waals surface area contributed by atoms with E-state index in [1.54, 1.807) is 18.6 Å². The largest absolute Gasteiger partial charge is 0.350 e. The number of hydrogen-bond donors (Lipinski definition) is 1. The molecule has 1 amide bonds. The molecule has 2 aromatic heterocycles. The van der Waals surface area contributed by atoms with E-state index in [9.17, 15) is 4.79 Å². The van der Waals surface area contributed by atoms with Crippen molar-refractivity contribution in [2.75, 3.05) is 20.6 Å². The van der Waals surface area contributed by atoms with Crippen molar-refractivity contribution in [1.82, 2.24) is 24.8 Å². The van der Waals surface area contributed by atoms with Gasteiger partial charge in [-0.1, -0.05) is 29.8 Å². The highest BCUT2D eigenvalue weighted by Gasteiger charge is 2.16. The summed E-state index contributed by atoms with van der Waals surface area (Å²) in [5.41, 5.74) is 4.40. The Balaban J connectivity index is 1.73. The number of amides is 1. The lowest BCUT2D eigenvalue weighted by atomic mass is 10.0. The van der Waals surface area contributed by atoms with Gasteiger partial charge in [-0.05, 0) is 32.6 Å². The number of carbonyl (C=O) groups excluding carboxylic acids is 1. The van der Waals surface area contributed by atoms with Gasteiger partial charge in [0.1, 0.15) is 5.52 Å². The van der Waals surface area contributed by atoms with Crippen molar-refractivity contribution in [3.05, 3.63) is 59.5 Å². The number of nitrogens with one attached hydrogen (secondary N) is 1. The van der Waals surface area contributed by atoms with Crippen LogP contribution in [0.5, 0.6) is 0 Å². The molecular weight excluding hydrogens is 314 g/mol. The number of hydrogen-bond acceptors (Lipinski definition) is 4. The fourth-order valence-corrected chi connectivity index (χ4v) is 2.82. The van der Waals surface area contributed by atoms with Crippen LogP contribution in [-0.4, -0.2) is 46.0 Å². The topological polar surface area (TPSA) is 63.1 Å². The SMILES string of the molecule is Cc1ccc([C@@H](CNC(=O)c2cnc3c(c2)ncn3C)N(C)C)cc1. The van der Waals surface area contributed by atoms with E-state index in [1.807, 2.05) is 25.7 Å². The predicted octanol–water partition coefficient (Wildman–Crippen LogP) is 2.31. The fraction of sp³-hybridized carbons (Fsp3) is 0.316. The maximum atomic E-state index is 12.5. The molecule has 6 heteroatoms. The van der Waals surface area contributed by atoms with Gasteiger partial charge in [0, 0.05) is 19.8 Å². The third-order valence-electron chi connectivity index (χ3n) is 4.35. The molecule has 25 heavy (non-hydrogen) atoms. The number of pyridine rings is 1. The molecular formula is C19H23N5O. The molecule has 1 atom stereocenters. The highest BCUT2D eigenvalue weighted by Crippen LogP contribution is 2.18. The second-order valence-electron chi connectivity index (χ2n) is 6.52. The summed E-state index contributed by atoms with van der Waals surface area (Å²) in [7, 11) is 5.90. The van der Waals surface area contributed by atoms with E-state index < -0.39 is 0 Å². The molecule has 3 rings (SSSR count). The lowest BCUT2D eigenvalue weighted by Gasteiger charge is -2.25. The zero-order chi connectivity index (χ0) is 18.0. The average molecular weight is 337 g/mol. The first kappa shape index (κ1) is 17.1. The van der Waals surface area contributed by atoms with Gasteiger partial charge in [0.15, 0.2) is 5.65 Å². The smallest absolute Gasteiger partial charge is 0.252 e. The summed E-state index contributed by atoms with van der Waals surface area (Å²) in [6.45, 7) is 2.59. The minimum Gasteiger partial charge on any atom is -0.350 e. The Morgan fingerprint density at radius 3 is 2.64 bits per heavy atom. The number of fused-ring (bicyclic) bond motifs is 1. The van der Waals surface area contributed by atoms with E-state index in [0.29, 0.717) is 12.1 Å². The quantitative estimate of drug-likeness (QED) is 0.776. The van der Waals surface area contributed by atoms with Crippen molar-refractivity contribution in [3.8, 4) is 0 Å². The lowest BCUT2D eigenvalue weighted by molar-refractivity contribution is 0.0941. The first-order valence-electron chi connectivity index (χ1n) is 8.24. The first-order chi connectivity index (χ1) is 12.0. The van der Waals surface area contributed by atoms with Crippen molar-refractivity contribution >= 4 is 17.1 Å². The summed E-state index contributed by atoms with van der Waals surface area (Å²) >= 11 is 0. The molecule has 0 unspecified atom stereocenters. The van der Waals surface area contributed by atoms with E-state index in [1.165, 1.54) is 11.1 Å². The zero-order valence-electron chi connectivity index (χ0n) is 15.0. The van der Waals surface area contributed by atoms with Crippen LogP contribution in [0.2, 0.25) is 0 Å². The molecule has 0 fully saturated rings. The van der Waals surface area contributed by atoms with Crippen molar-refractivity contribution in [1.29, 1.82) is 0 Å². The maximum absolute atomic E-state index is 12.5. The molecule has 0 aliphatic heterocycles. The number of benzene rings is 1. The second-order valence-corrected chi connectivity index (χ2v) is 6.52. The number of carbonyl (C=O) groups is 1. The molecule has 0 aliphatic carbocycles. The average Bonchev–Trinajstić information content (AvgIpc) is 2.97. The van der Waals surface area contributed by atoms with Crippen LogP contribution in [0.15, 0.2) is 42.9 Å². The standard InChI is InChI=1S/C19H23N5O/c1-13-5-7-14(8-6-13)17(23(2)3)11-21-19(25)15-9-16-18(20-10-15)24(4)12-22-16/h5-10,12,17H,11H2,1-4H3,(H,21,25)/t17-/m1/s1. The van der Waals surface area contributed by atoms with Crippen LogP contribution < -0.4 is 5.32 Å². The minimum atomic E-state index is -0.140. The summed E-state index contributed by atoms with van der Waals surface area (Å²) < 4.78 is 1.83. The summed E-state index contributed by atoms with van der Waals surface area (Å²) in [6.07, 6.45) is 3.29. The van der Waals surface area contributed by atoms with Gasteiger partial charge in [-0.15, -0.1) is 0 Å². The van der Waals surface area contributed by atoms with Gasteiger partial charge >= 0.3 is 0 Å². The van der Waals surface area contributed by atoms with Crippen molar-refractivity contribution < 1.29 is 4.79 Å². The molecule has 130 valence electrons. The number of aryl methyl sites for hydroxylation is 2. The van der Waals surface area contributed by atoms with E-state index in [-0.39, 0.29) is 11.9 Å². The van der Waals surface area contributed by atoms with Gasteiger partial charge in [0.05, 0.1) is 17.9 Å². The number of aromatic nitrogens is 3. The molecule has 1 aromatic carbocycles. The van der Waals surface area contributed by atoms with Crippen LogP contribution in [0, 0.1) is 6.92 Å².